The Bertz CT molecular complexity index is 641. The van der Waals surface area contributed by atoms with Gasteiger partial charge >= 0.3 is 0 Å². The minimum absolute atomic E-state index is 0.886. The molecule has 1 fully saturated rings. The summed E-state index contributed by atoms with van der Waals surface area (Å²) in [5.41, 5.74) is 2.30. The van der Waals surface area contributed by atoms with Gasteiger partial charge in [-0.25, -0.2) is 4.98 Å². The smallest absolute Gasteiger partial charge is 0.129 e. The Balaban J connectivity index is 1.96. The Kier molecular flexibility index (Phi) is 3.97. The molecule has 4 nitrogen and oxygen atoms in total. The van der Waals surface area contributed by atoms with Gasteiger partial charge in [-0.15, -0.1) is 0 Å². The van der Waals surface area contributed by atoms with E-state index < -0.39 is 0 Å². The van der Waals surface area contributed by atoms with Crippen molar-refractivity contribution in [3.63, 3.8) is 0 Å². The Morgan fingerprint density at radius 2 is 1.95 bits per heavy atom. The molecule has 1 aliphatic heterocycles. The topological polar surface area (TPSA) is 28.6 Å². The molecule has 2 heterocycles. The fourth-order valence-electron chi connectivity index (χ4n) is 2.92. The molecule has 1 aliphatic rings. The second kappa shape index (κ2) is 5.90. The summed E-state index contributed by atoms with van der Waals surface area (Å²) in [5, 5.41) is 1.17. The summed E-state index contributed by atoms with van der Waals surface area (Å²) < 4.78 is 5.31. The number of fused-ring (bicyclic) bond motifs is 1. The standard InChI is InChI=1S/C17H23N3O/c1-13-11-17(20-8-4-7-19(2)9-10-20)18-16-6-5-14(21-3)12-15(13)16/h5-6,11-12H,4,7-10H2,1-3H3. The number of nitrogens with zero attached hydrogens (tertiary/aromatic N) is 3. The first-order valence-electron chi connectivity index (χ1n) is 7.56. The third kappa shape index (κ3) is 2.95. The van der Waals surface area contributed by atoms with Crippen molar-refractivity contribution in [1.82, 2.24) is 9.88 Å². The second-order valence-electron chi connectivity index (χ2n) is 5.82. The maximum atomic E-state index is 5.31. The molecule has 4 heteroatoms. The Hall–Kier alpha value is -1.81. The van der Waals surface area contributed by atoms with Crippen LogP contribution in [0.1, 0.15) is 12.0 Å². The van der Waals surface area contributed by atoms with Crippen LogP contribution in [0.2, 0.25) is 0 Å². The lowest BCUT2D eigenvalue weighted by Crippen LogP contribution is -2.29. The van der Waals surface area contributed by atoms with E-state index in [1.54, 1.807) is 7.11 Å². The van der Waals surface area contributed by atoms with E-state index in [0.29, 0.717) is 0 Å². The van der Waals surface area contributed by atoms with E-state index in [1.165, 1.54) is 23.9 Å². The molecular formula is C17H23N3O. The van der Waals surface area contributed by atoms with Gasteiger partial charge in [-0.05, 0) is 56.8 Å². The molecule has 0 amide bonds. The number of likely N-dealkylation sites (N-methyl/N-ethyl adjacent to an activating group) is 1. The van der Waals surface area contributed by atoms with Crippen LogP contribution in [0.25, 0.3) is 10.9 Å². The first-order chi connectivity index (χ1) is 10.2. The molecule has 0 saturated carbocycles. The minimum Gasteiger partial charge on any atom is -0.497 e. The summed E-state index contributed by atoms with van der Waals surface area (Å²) in [5.74, 6) is 1.98. The van der Waals surface area contributed by atoms with E-state index in [1.807, 2.05) is 6.07 Å². The summed E-state index contributed by atoms with van der Waals surface area (Å²) in [6, 6.07) is 8.30. The third-order valence-corrected chi connectivity index (χ3v) is 4.25. The van der Waals surface area contributed by atoms with Gasteiger partial charge in [-0.1, -0.05) is 0 Å². The molecule has 21 heavy (non-hydrogen) atoms. The van der Waals surface area contributed by atoms with Crippen LogP contribution in [0, 0.1) is 6.92 Å². The molecule has 1 saturated heterocycles. The van der Waals surface area contributed by atoms with Crippen molar-refractivity contribution in [3.8, 4) is 5.75 Å². The van der Waals surface area contributed by atoms with Gasteiger partial charge in [0.25, 0.3) is 0 Å². The van der Waals surface area contributed by atoms with Gasteiger partial charge in [0.1, 0.15) is 11.6 Å². The molecule has 0 aliphatic carbocycles. The molecule has 1 aromatic carbocycles. The number of hydrogen-bond donors (Lipinski definition) is 0. The first kappa shape index (κ1) is 14.1. The maximum Gasteiger partial charge on any atom is 0.129 e. The average molecular weight is 285 g/mol. The normalized spacial score (nSPS) is 17.0. The molecule has 0 bridgehead atoms. The molecule has 0 unspecified atom stereocenters. The van der Waals surface area contributed by atoms with Crippen LogP contribution in [0.3, 0.4) is 0 Å². The number of pyridine rings is 1. The molecular weight excluding hydrogens is 262 g/mol. The quantitative estimate of drug-likeness (QED) is 0.848. The van der Waals surface area contributed by atoms with Crippen molar-refractivity contribution in [3.05, 3.63) is 29.8 Å². The fraction of sp³-hybridized carbons (Fsp3) is 0.471. The highest BCUT2D eigenvalue weighted by Crippen LogP contribution is 2.26. The number of hydrogen-bond acceptors (Lipinski definition) is 4. The molecule has 3 rings (SSSR count). The van der Waals surface area contributed by atoms with Crippen molar-refractivity contribution >= 4 is 16.7 Å². The first-order valence-corrected chi connectivity index (χ1v) is 7.56. The molecule has 0 spiro atoms. The van der Waals surface area contributed by atoms with Gasteiger partial charge in [-0.3, -0.25) is 0 Å². The summed E-state index contributed by atoms with van der Waals surface area (Å²) in [6.45, 7) is 6.54. The number of anilines is 1. The van der Waals surface area contributed by atoms with Gasteiger partial charge in [0.05, 0.1) is 12.6 Å². The zero-order valence-corrected chi connectivity index (χ0v) is 13.1. The highest BCUT2D eigenvalue weighted by molar-refractivity contribution is 5.85. The molecule has 112 valence electrons. The second-order valence-corrected chi connectivity index (χ2v) is 5.82. The Morgan fingerprint density at radius 3 is 2.76 bits per heavy atom. The Morgan fingerprint density at radius 1 is 1.10 bits per heavy atom. The van der Waals surface area contributed by atoms with Gasteiger partial charge in [0.2, 0.25) is 0 Å². The van der Waals surface area contributed by atoms with E-state index in [4.69, 9.17) is 9.72 Å². The zero-order chi connectivity index (χ0) is 14.8. The van der Waals surface area contributed by atoms with Crippen molar-refractivity contribution in [1.29, 1.82) is 0 Å². The van der Waals surface area contributed by atoms with Crippen LogP contribution in [-0.4, -0.2) is 50.2 Å². The summed E-state index contributed by atoms with van der Waals surface area (Å²) in [7, 11) is 3.89. The predicted molar refractivity (Wildman–Crippen MR) is 87.4 cm³/mol. The van der Waals surface area contributed by atoms with Gasteiger partial charge in [-0.2, -0.15) is 0 Å². The van der Waals surface area contributed by atoms with Crippen molar-refractivity contribution < 1.29 is 4.74 Å². The monoisotopic (exact) mass is 285 g/mol. The number of benzene rings is 1. The summed E-state index contributed by atoms with van der Waals surface area (Å²) in [6.07, 6.45) is 1.19. The Labute approximate surface area is 126 Å². The highest BCUT2D eigenvalue weighted by atomic mass is 16.5. The highest BCUT2D eigenvalue weighted by Gasteiger charge is 2.15. The third-order valence-electron chi connectivity index (χ3n) is 4.25. The average Bonchev–Trinajstić information content (AvgIpc) is 2.71. The van der Waals surface area contributed by atoms with Gasteiger partial charge in [0.15, 0.2) is 0 Å². The predicted octanol–water partition coefficient (Wildman–Crippen LogP) is 2.69. The summed E-state index contributed by atoms with van der Waals surface area (Å²) in [4.78, 5) is 9.64. The fourth-order valence-corrected chi connectivity index (χ4v) is 2.92. The van der Waals surface area contributed by atoms with Gasteiger partial charge in [0, 0.05) is 25.0 Å². The van der Waals surface area contributed by atoms with Crippen molar-refractivity contribution in [2.75, 3.05) is 45.2 Å². The largest absolute Gasteiger partial charge is 0.497 e. The number of aryl methyl sites for hydroxylation is 1. The van der Waals surface area contributed by atoms with Crippen LogP contribution < -0.4 is 9.64 Å². The number of ether oxygens (including phenoxy) is 1. The van der Waals surface area contributed by atoms with Crippen LogP contribution in [0.4, 0.5) is 5.82 Å². The van der Waals surface area contributed by atoms with E-state index >= 15 is 0 Å². The lowest BCUT2D eigenvalue weighted by atomic mass is 10.1. The van der Waals surface area contributed by atoms with Crippen molar-refractivity contribution in [2.24, 2.45) is 0 Å². The summed E-state index contributed by atoms with van der Waals surface area (Å²) >= 11 is 0. The van der Waals surface area contributed by atoms with E-state index in [-0.39, 0.29) is 0 Å². The van der Waals surface area contributed by atoms with E-state index in [2.05, 4.69) is 42.0 Å². The van der Waals surface area contributed by atoms with Crippen LogP contribution in [0.5, 0.6) is 5.75 Å². The molecule has 1 aromatic heterocycles. The SMILES string of the molecule is COc1ccc2nc(N3CCCN(C)CC3)cc(C)c2c1. The molecule has 0 atom stereocenters. The lowest BCUT2D eigenvalue weighted by molar-refractivity contribution is 0.360. The number of methoxy groups -OCH3 is 1. The number of rotatable bonds is 2. The van der Waals surface area contributed by atoms with Crippen molar-refractivity contribution in [2.45, 2.75) is 13.3 Å². The maximum absolute atomic E-state index is 5.31. The molecule has 0 N–H and O–H groups in total. The van der Waals surface area contributed by atoms with E-state index in [9.17, 15) is 0 Å². The number of aromatic nitrogens is 1. The zero-order valence-electron chi connectivity index (χ0n) is 13.1. The van der Waals surface area contributed by atoms with Gasteiger partial charge < -0.3 is 14.5 Å². The van der Waals surface area contributed by atoms with Crippen LogP contribution in [-0.2, 0) is 0 Å². The van der Waals surface area contributed by atoms with Crippen LogP contribution in [0.15, 0.2) is 24.3 Å². The molecule has 2 aromatic rings. The minimum atomic E-state index is 0.886. The molecule has 0 radical (unpaired) electrons. The van der Waals surface area contributed by atoms with Crippen LogP contribution >= 0.6 is 0 Å². The van der Waals surface area contributed by atoms with E-state index in [0.717, 1.165) is 36.7 Å². The lowest BCUT2D eigenvalue weighted by Gasteiger charge is -2.22.